The molecule has 4 aromatic rings. The summed E-state index contributed by atoms with van der Waals surface area (Å²) in [6.45, 7) is 6.39. The highest BCUT2D eigenvalue weighted by Gasteiger charge is 2.15. The average molecular weight is 474 g/mol. The highest BCUT2D eigenvalue weighted by atomic mass is 35.5. The van der Waals surface area contributed by atoms with Crippen molar-refractivity contribution in [2.45, 2.75) is 33.5 Å². The van der Waals surface area contributed by atoms with E-state index in [0.717, 1.165) is 23.8 Å². The minimum atomic E-state index is 0.694. The summed E-state index contributed by atoms with van der Waals surface area (Å²) in [5.41, 5.74) is 7.02. The van der Waals surface area contributed by atoms with Crippen LogP contribution in [0.15, 0.2) is 91.1 Å². The molecule has 0 saturated carbocycles. The van der Waals surface area contributed by atoms with E-state index in [-0.39, 0.29) is 0 Å². The molecule has 3 nitrogen and oxygen atoms in total. The van der Waals surface area contributed by atoms with Crippen LogP contribution in [0.3, 0.4) is 0 Å². The molecule has 1 N–H and O–H groups in total. The number of nitrogens with one attached hydrogen (secondary N) is 1. The first-order valence-corrected chi connectivity index (χ1v) is 11.8. The second-order valence-electron chi connectivity index (χ2n) is 8.30. The zero-order valence-corrected chi connectivity index (χ0v) is 20.5. The number of benzene rings is 3. The van der Waals surface area contributed by atoms with Crippen molar-refractivity contribution in [3.05, 3.63) is 124 Å². The second kappa shape index (κ2) is 10.7. The largest absolute Gasteiger partial charge is 0.345 e. The molecule has 0 aliphatic heterocycles. The molecule has 168 valence electrons. The summed E-state index contributed by atoms with van der Waals surface area (Å²) in [6, 6.07) is 29.0. The lowest BCUT2D eigenvalue weighted by Gasteiger charge is -2.28. The number of aromatic nitrogens is 1. The van der Waals surface area contributed by atoms with Crippen LogP contribution in [0.5, 0.6) is 0 Å². The van der Waals surface area contributed by atoms with Crippen molar-refractivity contribution in [2.24, 2.45) is 0 Å². The van der Waals surface area contributed by atoms with Gasteiger partial charge in [-0.2, -0.15) is 0 Å². The van der Waals surface area contributed by atoms with Crippen LogP contribution >= 0.6 is 23.8 Å². The number of para-hydroxylation sites is 1. The van der Waals surface area contributed by atoms with Gasteiger partial charge in [-0.25, -0.2) is 0 Å². The normalized spacial score (nSPS) is 10.8. The standard InChI is InChI=1S/C28H28ClN3S/c1-21-9-6-10-22(2)27(21)30-28(33)32(18-23-11-4-3-5-12-23)20-26-15-8-16-31(26)19-24-13-7-14-25(29)17-24/h3-17H,18-20H2,1-2H3,(H,30,33). The monoisotopic (exact) mass is 473 g/mol. The quantitative estimate of drug-likeness (QED) is 0.286. The fourth-order valence-electron chi connectivity index (χ4n) is 3.98. The van der Waals surface area contributed by atoms with Gasteiger partial charge in [0.2, 0.25) is 0 Å². The van der Waals surface area contributed by atoms with Crippen molar-refractivity contribution < 1.29 is 0 Å². The zero-order chi connectivity index (χ0) is 23.2. The van der Waals surface area contributed by atoms with Crippen molar-refractivity contribution >= 4 is 34.6 Å². The van der Waals surface area contributed by atoms with Crippen molar-refractivity contribution in [2.75, 3.05) is 5.32 Å². The molecule has 0 saturated heterocycles. The van der Waals surface area contributed by atoms with Gasteiger partial charge >= 0.3 is 0 Å². The fraction of sp³-hybridized carbons (Fsp3) is 0.179. The van der Waals surface area contributed by atoms with Gasteiger partial charge in [0.1, 0.15) is 0 Å². The van der Waals surface area contributed by atoms with Gasteiger partial charge < -0.3 is 14.8 Å². The lowest BCUT2D eigenvalue weighted by molar-refractivity contribution is 0.399. The van der Waals surface area contributed by atoms with E-state index in [1.54, 1.807) is 0 Å². The van der Waals surface area contributed by atoms with Gasteiger partial charge in [-0.3, -0.25) is 0 Å². The minimum Gasteiger partial charge on any atom is -0.345 e. The van der Waals surface area contributed by atoms with Gasteiger partial charge in [0.05, 0.1) is 6.54 Å². The summed E-state index contributed by atoms with van der Waals surface area (Å²) in [5.74, 6) is 0. The van der Waals surface area contributed by atoms with Crippen LogP contribution in [0.25, 0.3) is 0 Å². The Morgan fingerprint density at radius 1 is 0.848 bits per heavy atom. The van der Waals surface area contributed by atoms with Gasteiger partial charge in [0, 0.05) is 35.7 Å². The predicted octanol–water partition coefficient (Wildman–Crippen LogP) is 7.21. The Morgan fingerprint density at radius 3 is 2.27 bits per heavy atom. The maximum atomic E-state index is 6.20. The van der Waals surface area contributed by atoms with Crippen LogP contribution in [0.1, 0.15) is 27.9 Å². The fourth-order valence-corrected chi connectivity index (χ4v) is 4.42. The molecule has 33 heavy (non-hydrogen) atoms. The average Bonchev–Trinajstić information content (AvgIpc) is 3.23. The van der Waals surface area contributed by atoms with E-state index in [1.165, 1.54) is 27.9 Å². The van der Waals surface area contributed by atoms with Gasteiger partial charge in [0.15, 0.2) is 5.11 Å². The molecule has 3 aromatic carbocycles. The summed E-state index contributed by atoms with van der Waals surface area (Å²) >= 11 is 12.1. The highest BCUT2D eigenvalue weighted by molar-refractivity contribution is 7.80. The van der Waals surface area contributed by atoms with Crippen LogP contribution in [-0.2, 0) is 19.6 Å². The number of rotatable bonds is 7. The first-order chi connectivity index (χ1) is 16.0. The van der Waals surface area contributed by atoms with Crippen LogP contribution in [0.4, 0.5) is 5.69 Å². The summed E-state index contributed by atoms with van der Waals surface area (Å²) in [7, 11) is 0. The number of anilines is 1. The molecule has 1 heterocycles. The SMILES string of the molecule is Cc1cccc(C)c1NC(=S)N(Cc1ccccc1)Cc1cccn1Cc1cccc(Cl)c1. The summed E-state index contributed by atoms with van der Waals surface area (Å²) < 4.78 is 2.26. The lowest BCUT2D eigenvalue weighted by Crippen LogP contribution is -2.35. The van der Waals surface area contributed by atoms with Crippen LogP contribution in [0, 0.1) is 13.8 Å². The number of thiocarbonyl (C=S) groups is 1. The van der Waals surface area contributed by atoms with Gasteiger partial charge in [-0.1, -0.05) is 72.3 Å². The number of aryl methyl sites for hydroxylation is 2. The van der Waals surface area contributed by atoms with Crippen molar-refractivity contribution in [1.82, 2.24) is 9.47 Å². The molecule has 0 bridgehead atoms. The molecule has 0 amide bonds. The van der Waals surface area contributed by atoms with Gasteiger partial charge in [-0.15, -0.1) is 0 Å². The molecule has 1 aromatic heterocycles. The Hall–Kier alpha value is -3.08. The van der Waals surface area contributed by atoms with Crippen molar-refractivity contribution in [3.8, 4) is 0 Å². The number of hydrogen-bond acceptors (Lipinski definition) is 1. The summed E-state index contributed by atoms with van der Waals surface area (Å²) in [4.78, 5) is 2.22. The predicted molar refractivity (Wildman–Crippen MR) is 143 cm³/mol. The summed E-state index contributed by atoms with van der Waals surface area (Å²) in [5, 5.41) is 4.99. The molecule has 4 rings (SSSR count). The zero-order valence-electron chi connectivity index (χ0n) is 19.0. The van der Waals surface area contributed by atoms with E-state index in [4.69, 9.17) is 23.8 Å². The highest BCUT2D eigenvalue weighted by Crippen LogP contribution is 2.22. The maximum absolute atomic E-state index is 6.20. The minimum absolute atomic E-state index is 0.694. The lowest BCUT2D eigenvalue weighted by atomic mass is 10.1. The summed E-state index contributed by atoms with van der Waals surface area (Å²) in [6.07, 6.45) is 2.11. The number of hydrogen-bond donors (Lipinski definition) is 1. The van der Waals surface area contributed by atoms with Gasteiger partial charge in [-0.05, 0) is 72.6 Å². The third kappa shape index (κ3) is 6.04. The number of nitrogens with zero attached hydrogens (tertiary/aromatic N) is 2. The Kier molecular flexibility index (Phi) is 7.48. The van der Waals surface area contributed by atoms with E-state index in [9.17, 15) is 0 Å². The van der Waals surface area contributed by atoms with E-state index in [2.05, 4.69) is 95.5 Å². The van der Waals surface area contributed by atoms with E-state index in [1.807, 2.05) is 24.3 Å². The molecule has 0 spiro atoms. The van der Waals surface area contributed by atoms with Crippen LogP contribution in [-0.4, -0.2) is 14.6 Å². The first kappa shape index (κ1) is 23.1. The van der Waals surface area contributed by atoms with Crippen molar-refractivity contribution in [1.29, 1.82) is 0 Å². The molecule has 0 aliphatic rings. The first-order valence-electron chi connectivity index (χ1n) is 11.0. The Bertz CT molecular complexity index is 1210. The Balaban J connectivity index is 1.58. The number of halogens is 1. The smallest absolute Gasteiger partial charge is 0.174 e. The third-order valence-corrected chi connectivity index (χ3v) is 6.33. The molecule has 0 atom stereocenters. The van der Waals surface area contributed by atoms with Crippen LogP contribution < -0.4 is 5.32 Å². The maximum Gasteiger partial charge on any atom is 0.174 e. The van der Waals surface area contributed by atoms with Crippen molar-refractivity contribution in [3.63, 3.8) is 0 Å². The second-order valence-corrected chi connectivity index (χ2v) is 9.12. The molecule has 5 heteroatoms. The third-order valence-electron chi connectivity index (χ3n) is 5.73. The van der Waals surface area contributed by atoms with Gasteiger partial charge in [0.25, 0.3) is 0 Å². The molecule has 0 fully saturated rings. The van der Waals surface area contributed by atoms with E-state index >= 15 is 0 Å². The molecular formula is C28H28ClN3S. The van der Waals surface area contributed by atoms with Crippen LogP contribution in [0.2, 0.25) is 5.02 Å². The molecule has 0 radical (unpaired) electrons. The topological polar surface area (TPSA) is 20.2 Å². The van der Waals surface area contributed by atoms with E-state index in [0.29, 0.717) is 11.7 Å². The molecule has 0 aliphatic carbocycles. The molecule has 0 unspecified atom stereocenters. The Morgan fingerprint density at radius 2 is 1.55 bits per heavy atom. The Labute approximate surface area is 206 Å². The molecular weight excluding hydrogens is 446 g/mol. The van der Waals surface area contributed by atoms with E-state index < -0.39 is 0 Å².